The van der Waals surface area contributed by atoms with Crippen LogP contribution in [0.2, 0.25) is 0 Å². The number of aliphatic hydroxyl groups is 1. The summed E-state index contributed by atoms with van der Waals surface area (Å²) in [6.07, 6.45) is 6.16. The van der Waals surface area contributed by atoms with Gasteiger partial charge in [-0.1, -0.05) is 12.7 Å². The zero-order valence-electron chi connectivity index (χ0n) is 6.83. The molecule has 0 unspecified atom stereocenters. The lowest BCUT2D eigenvalue weighted by atomic mass is 10.4. The Bertz CT molecular complexity index is 239. The van der Waals surface area contributed by atoms with Crippen LogP contribution in [-0.4, -0.2) is 11.3 Å². The molecule has 0 radical (unpaired) electrons. The predicted molar refractivity (Wildman–Crippen MR) is 51.9 cm³/mol. The lowest BCUT2D eigenvalue weighted by Gasteiger charge is -2.04. The quantitative estimate of drug-likeness (QED) is 0.581. The minimum atomic E-state index is 0.126. The van der Waals surface area contributed by atoms with Crippen LogP contribution in [0.15, 0.2) is 54.7 Å². The third kappa shape index (κ3) is 3.41. The van der Waals surface area contributed by atoms with Crippen molar-refractivity contribution in [3.05, 3.63) is 49.7 Å². The molecule has 64 valence electrons. The summed E-state index contributed by atoms with van der Waals surface area (Å²) in [6.45, 7) is 9.50. The van der Waals surface area contributed by atoms with Crippen LogP contribution in [0.4, 0.5) is 0 Å². The molecular formula is C9H12N2O. The zero-order valence-corrected chi connectivity index (χ0v) is 6.83. The fourth-order valence-electron chi connectivity index (χ4n) is 0.561. The maximum absolute atomic E-state index is 8.79. The SMILES string of the molecule is C=C.C=C/C=C1/N=CC(O)=CN1. The van der Waals surface area contributed by atoms with Crippen molar-refractivity contribution in [1.29, 1.82) is 0 Å². The Morgan fingerprint density at radius 1 is 1.50 bits per heavy atom. The molecule has 0 spiro atoms. The summed E-state index contributed by atoms with van der Waals surface area (Å²) in [4.78, 5) is 3.84. The van der Waals surface area contributed by atoms with E-state index in [4.69, 9.17) is 5.11 Å². The summed E-state index contributed by atoms with van der Waals surface area (Å²) in [5, 5.41) is 11.5. The van der Waals surface area contributed by atoms with Crippen LogP contribution in [0, 0.1) is 0 Å². The Kier molecular flexibility index (Phi) is 5.09. The lowest BCUT2D eigenvalue weighted by Crippen LogP contribution is -2.09. The largest absolute Gasteiger partial charge is 0.505 e. The van der Waals surface area contributed by atoms with E-state index < -0.39 is 0 Å². The highest BCUT2D eigenvalue weighted by Gasteiger charge is 1.95. The van der Waals surface area contributed by atoms with Crippen molar-refractivity contribution in [3.8, 4) is 0 Å². The van der Waals surface area contributed by atoms with Gasteiger partial charge in [-0.05, 0) is 6.08 Å². The second-order valence-electron chi connectivity index (χ2n) is 1.76. The van der Waals surface area contributed by atoms with Gasteiger partial charge < -0.3 is 10.4 Å². The molecule has 0 amide bonds. The van der Waals surface area contributed by atoms with Crippen LogP contribution in [0.3, 0.4) is 0 Å². The van der Waals surface area contributed by atoms with Gasteiger partial charge >= 0.3 is 0 Å². The zero-order chi connectivity index (χ0) is 9.40. The average molecular weight is 164 g/mol. The number of aliphatic hydroxyl groups excluding tert-OH is 1. The van der Waals surface area contributed by atoms with Gasteiger partial charge in [-0.3, -0.25) is 0 Å². The van der Waals surface area contributed by atoms with Crippen LogP contribution >= 0.6 is 0 Å². The standard InChI is InChI=1S/C7H8N2O.C2H4/c1-2-3-7-8-4-6(10)5-9-7;1-2/h2-5,8,10H,1H2;1-2H2/b7-3+;. The molecule has 1 aliphatic heterocycles. The minimum Gasteiger partial charge on any atom is -0.505 e. The van der Waals surface area contributed by atoms with Gasteiger partial charge in [-0.15, -0.1) is 13.2 Å². The van der Waals surface area contributed by atoms with Crippen LogP contribution in [0.5, 0.6) is 0 Å². The molecule has 0 saturated heterocycles. The minimum absolute atomic E-state index is 0.126. The number of hydrogen-bond donors (Lipinski definition) is 2. The Morgan fingerprint density at radius 3 is 2.58 bits per heavy atom. The Morgan fingerprint density at radius 2 is 2.17 bits per heavy atom. The van der Waals surface area contributed by atoms with Crippen molar-refractivity contribution in [1.82, 2.24) is 5.32 Å². The predicted octanol–water partition coefficient (Wildman–Crippen LogP) is 1.89. The molecule has 1 aliphatic rings. The van der Waals surface area contributed by atoms with Crippen molar-refractivity contribution in [2.24, 2.45) is 4.99 Å². The van der Waals surface area contributed by atoms with E-state index in [0.29, 0.717) is 5.82 Å². The number of hydrogen-bond acceptors (Lipinski definition) is 3. The number of nitrogens with zero attached hydrogens (tertiary/aromatic N) is 1. The van der Waals surface area contributed by atoms with Gasteiger partial charge in [0.15, 0.2) is 0 Å². The van der Waals surface area contributed by atoms with Crippen LogP contribution < -0.4 is 5.32 Å². The van der Waals surface area contributed by atoms with E-state index in [1.807, 2.05) is 0 Å². The Balaban J connectivity index is 0.000000561. The highest BCUT2D eigenvalue weighted by Crippen LogP contribution is 1.98. The third-order valence-electron chi connectivity index (χ3n) is 0.980. The van der Waals surface area contributed by atoms with Gasteiger partial charge in [0.25, 0.3) is 0 Å². The molecule has 12 heavy (non-hydrogen) atoms. The first-order chi connectivity index (χ1) is 5.83. The van der Waals surface area contributed by atoms with Gasteiger partial charge in [0.2, 0.25) is 0 Å². The van der Waals surface area contributed by atoms with E-state index in [-0.39, 0.29) is 5.76 Å². The van der Waals surface area contributed by atoms with Crippen molar-refractivity contribution in [3.63, 3.8) is 0 Å². The van der Waals surface area contributed by atoms with E-state index in [2.05, 4.69) is 30.0 Å². The Hall–Kier alpha value is -1.77. The summed E-state index contributed by atoms with van der Waals surface area (Å²) >= 11 is 0. The third-order valence-corrected chi connectivity index (χ3v) is 0.980. The van der Waals surface area contributed by atoms with Crippen LogP contribution in [-0.2, 0) is 0 Å². The van der Waals surface area contributed by atoms with Gasteiger partial charge in [-0.2, -0.15) is 0 Å². The van der Waals surface area contributed by atoms with E-state index in [0.717, 1.165) is 0 Å². The summed E-state index contributed by atoms with van der Waals surface area (Å²) in [5.41, 5.74) is 0. The van der Waals surface area contributed by atoms with Crippen molar-refractivity contribution in [2.45, 2.75) is 0 Å². The first-order valence-corrected chi connectivity index (χ1v) is 3.35. The molecule has 0 bridgehead atoms. The molecule has 0 aromatic heterocycles. The van der Waals surface area contributed by atoms with Gasteiger partial charge in [0.05, 0.1) is 6.21 Å². The summed E-state index contributed by atoms with van der Waals surface area (Å²) < 4.78 is 0. The van der Waals surface area contributed by atoms with Crippen LogP contribution in [0.1, 0.15) is 0 Å². The van der Waals surface area contributed by atoms with Crippen molar-refractivity contribution >= 4 is 6.21 Å². The first-order valence-electron chi connectivity index (χ1n) is 3.35. The number of nitrogens with one attached hydrogen (secondary N) is 1. The van der Waals surface area contributed by atoms with Gasteiger partial charge in [0, 0.05) is 6.20 Å². The topological polar surface area (TPSA) is 44.6 Å². The van der Waals surface area contributed by atoms with Gasteiger partial charge in [-0.25, -0.2) is 4.99 Å². The molecule has 0 fully saturated rings. The highest BCUT2D eigenvalue weighted by molar-refractivity contribution is 5.77. The molecule has 0 saturated carbocycles. The fraction of sp³-hybridized carbons (Fsp3) is 0. The molecule has 0 aromatic carbocycles. The summed E-state index contributed by atoms with van der Waals surface area (Å²) in [6, 6.07) is 0. The molecule has 3 heteroatoms. The molecule has 1 heterocycles. The van der Waals surface area contributed by atoms with E-state index in [1.165, 1.54) is 12.4 Å². The highest BCUT2D eigenvalue weighted by atomic mass is 16.3. The van der Waals surface area contributed by atoms with Crippen LogP contribution in [0.25, 0.3) is 0 Å². The molecule has 0 atom stereocenters. The fourth-order valence-corrected chi connectivity index (χ4v) is 0.561. The molecular weight excluding hydrogens is 152 g/mol. The van der Waals surface area contributed by atoms with E-state index in [1.54, 1.807) is 12.2 Å². The smallest absolute Gasteiger partial charge is 0.149 e. The molecule has 0 aromatic rings. The normalized spacial score (nSPS) is 17.0. The van der Waals surface area contributed by atoms with Crippen molar-refractivity contribution in [2.75, 3.05) is 0 Å². The van der Waals surface area contributed by atoms with E-state index >= 15 is 0 Å². The number of aliphatic imine (C=N–C) groups is 1. The molecule has 1 rings (SSSR count). The number of allylic oxidation sites excluding steroid dienone is 3. The maximum Gasteiger partial charge on any atom is 0.149 e. The molecule has 0 aliphatic carbocycles. The van der Waals surface area contributed by atoms with E-state index in [9.17, 15) is 0 Å². The summed E-state index contributed by atoms with van der Waals surface area (Å²) in [7, 11) is 0. The summed E-state index contributed by atoms with van der Waals surface area (Å²) in [5.74, 6) is 0.800. The number of rotatable bonds is 1. The Labute approximate surface area is 72.1 Å². The second-order valence-corrected chi connectivity index (χ2v) is 1.76. The first kappa shape index (κ1) is 10.2. The molecule has 2 N–H and O–H groups in total. The van der Waals surface area contributed by atoms with Gasteiger partial charge in [0.1, 0.15) is 11.6 Å². The maximum atomic E-state index is 8.79. The average Bonchev–Trinajstić information content (AvgIpc) is 2.13. The monoisotopic (exact) mass is 164 g/mol. The molecule has 3 nitrogen and oxygen atoms in total. The second kappa shape index (κ2) is 5.97. The lowest BCUT2D eigenvalue weighted by molar-refractivity contribution is 0.440. The van der Waals surface area contributed by atoms with Crippen molar-refractivity contribution < 1.29 is 5.11 Å².